The number of hydrogen-bond donors (Lipinski definition) is 3. The van der Waals surface area contributed by atoms with Gasteiger partial charge in [-0.25, -0.2) is 4.79 Å². The molecule has 2 amide bonds. The van der Waals surface area contributed by atoms with Gasteiger partial charge in [-0.05, 0) is 60.5 Å². The maximum atomic E-state index is 12.6. The number of carbonyl (C=O) groups excluding carboxylic acids is 3. The summed E-state index contributed by atoms with van der Waals surface area (Å²) in [5, 5.41) is 3.68. The van der Waals surface area contributed by atoms with Crippen LogP contribution in [0.2, 0.25) is 0 Å². The lowest BCUT2D eigenvalue weighted by molar-refractivity contribution is -0.154. The van der Waals surface area contributed by atoms with Gasteiger partial charge in [0.25, 0.3) is 5.91 Å². The number of amides is 2. The van der Waals surface area contributed by atoms with Crippen LogP contribution < -0.4 is 11.1 Å². The van der Waals surface area contributed by atoms with Crippen LogP contribution in [-0.2, 0) is 14.3 Å². The predicted molar refractivity (Wildman–Crippen MR) is 137 cm³/mol. The van der Waals surface area contributed by atoms with Gasteiger partial charge in [-0.15, -0.1) is 0 Å². The molecule has 0 aliphatic heterocycles. The van der Waals surface area contributed by atoms with Gasteiger partial charge in [0.1, 0.15) is 17.0 Å². The number of carbonyl (C=O) groups is 3. The van der Waals surface area contributed by atoms with E-state index < -0.39 is 17.3 Å². The first-order valence-corrected chi connectivity index (χ1v) is 11.9. The number of esters is 1. The van der Waals surface area contributed by atoms with E-state index in [9.17, 15) is 14.4 Å². The van der Waals surface area contributed by atoms with E-state index in [0.29, 0.717) is 29.6 Å². The van der Waals surface area contributed by atoms with E-state index in [-0.39, 0.29) is 17.7 Å². The zero-order chi connectivity index (χ0) is 26.2. The topological polar surface area (TPSA) is 136 Å². The molecule has 2 aromatic rings. The summed E-state index contributed by atoms with van der Waals surface area (Å²) in [6, 6.07) is 5.21. The molecular formula is C26H38N4O5. The van der Waals surface area contributed by atoms with Gasteiger partial charge >= 0.3 is 12.1 Å². The van der Waals surface area contributed by atoms with Gasteiger partial charge in [0.15, 0.2) is 0 Å². The smallest absolute Gasteiger partial charge is 0.436 e. The Kier molecular flexibility index (Phi) is 9.45. The highest BCUT2D eigenvalue weighted by molar-refractivity contribution is 6.09. The Labute approximate surface area is 206 Å². The number of rotatable bonds is 9. The molecule has 0 aliphatic carbocycles. The van der Waals surface area contributed by atoms with Gasteiger partial charge in [0.2, 0.25) is 0 Å². The molecule has 35 heavy (non-hydrogen) atoms. The van der Waals surface area contributed by atoms with E-state index >= 15 is 0 Å². The van der Waals surface area contributed by atoms with Crippen LogP contribution in [0, 0.1) is 0 Å². The molecule has 0 fully saturated rings. The molecule has 2 rings (SSSR count). The van der Waals surface area contributed by atoms with E-state index in [1.807, 2.05) is 20.8 Å². The van der Waals surface area contributed by atoms with Crippen LogP contribution in [-0.4, -0.2) is 46.5 Å². The Balaban J connectivity index is 1.83. The van der Waals surface area contributed by atoms with Gasteiger partial charge in [-0.1, -0.05) is 25.0 Å². The lowest BCUT2D eigenvalue weighted by Gasteiger charge is -2.19. The third kappa shape index (κ3) is 9.80. The average molecular weight is 487 g/mol. The minimum Gasteiger partial charge on any atom is -0.460 e. The Morgan fingerprint density at radius 2 is 1.63 bits per heavy atom. The summed E-state index contributed by atoms with van der Waals surface area (Å²) in [5.41, 5.74) is 6.63. The molecule has 0 spiro atoms. The molecule has 0 saturated heterocycles. The third-order valence-electron chi connectivity index (χ3n) is 4.84. The Hall–Kier alpha value is -3.36. The van der Waals surface area contributed by atoms with Gasteiger partial charge in [-0.2, -0.15) is 4.99 Å². The fourth-order valence-corrected chi connectivity index (χ4v) is 3.36. The number of ether oxygens (including phenoxy) is 2. The number of amidine groups is 1. The second-order valence-electron chi connectivity index (χ2n) is 10.4. The number of benzene rings is 1. The highest BCUT2D eigenvalue weighted by Gasteiger charge is 2.18. The molecule has 1 aromatic heterocycles. The van der Waals surface area contributed by atoms with E-state index in [0.717, 1.165) is 31.1 Å². The quantitative estimate of drug-likeness (QED) is 0.201. The average Bonchev–Trinajstić information content (AvgIpc) is 3.13. The fraction of sp³-hybridized carbons (Fsp3) is 0.538. The van der Waals surface area contributed by atoms with Crippen molar-refractivity contribution < 1.29 is 23.9 Å². The zero-order valence-corrected chi connectivity index (χ0v) is 21.6. The van der Waals surface area contributed by atoms with Crippen LogP contribution in [0.5, 0.6) is 0 Å². The second-order valence-corrected chi connectivity index (χ2v) is 10.4. The molecule has 0 bridgehead atoms. The van der Waals surface area contributed by atoms with E-state index in [4.69, 9.17) is 15.2 Å². The van der Waals surface area contributed by atoms with Gasteiger partial charge in [0, 0.05) is 35.6 Å². The standard InChI is InChI=1S/C26H38N4O5/c1-25(2,3)34-21(31)11-9-7-8-10-14-28-23(32)19-16-29-20-15-17(12-13-18(19)20)22(27)30-24(33)35-26(4,5)6/h12-13,15-16,29H,7-11,14H2,1-6H3,(H,28,32)(H2,27,30,33). The number of nitrogens with one attached hydrogen (secondary N) is 2. The van der Waals surface area contributed by atoms with Gasteiger partial charge < -0.3 is 25.5 Å². The summed E-state index contributed by atoms with van der Waals surface area (Å²) < 4.78 is 10.5. The maximum Gasteiger partial charge on any atom is 0.436 e. The first-order valence-electron chi connectivity index (χ1n) is 11.9. The number of H-pyrrole nitrogens is 1. The van der Waals surface area contributed by atoms with Crippen LogP contribution in [0.25, 0.3) is 10.9 Å². The molecule has 0 saturated carbocycles. The summed E-state index contributed by atoms with van der Waals surface area (Å²) in [6.45, 7) is 11.4. The van der Waals surface area contributed by atoms with Crippen LogP contribution in [0.15, 0.2) is 29.4 Å². The minimum atomic E-state index is -0.758. The highest BCUT2D eigenvalue weighted by Crippen LogP contribution is 2.20. The predicted octanol–water partition coefficient (Wildman–Crippen LogP) is 4.83. The van der Waals surface area contributed by atoms with E-state index in [1.54, 1.807) is 45.2 Å². The first-order chi connectivity index (χ1) is 16.2. The lowest BCUT2D eigenvalue weighted by atomic mass is 10.1. The van der Waals surface area contributed by atoms with Crippen LogP contribution in [0.1, 0.15) is 89.6 Å². The highest BCUT2D eigenvalue weighted by atomic mass is 16.6. The van der Waals surface area contributed by atoms with E-state index in [1.165, 1.54) is 0 Å². The Morgan fingerprint density at radius 1 is 0.971 bits per heavy atom. The maximum absolute atomic E-state index is 12.6. The van der Waals surface area contributed by atoms with Crippen molar-refractivity contribution in [1.82, 2.24) is 10.3 Å². The second kappa shape index (κ2) is 11.9. The van der Waals surface area contributed by atoms with Crippen molar-refractivity contribution in [2.45, 2.75) is 84.8 Å². The molecule has 192 valence electrons. The summed E-state index contributed by atoms with van der Waals surface area (Å²) >= 11 is 0. The lowest BCUT2D eigenvalue weighted by Crippen LogP contribution is -2.24. The van der Waals surface area contributed by atoms with Crippen molar-refractivity contribution in [2.75, 3.05) is 6.54 Å². The number of unbranched alkanes of at least 4 members (excludes halogenated alkanes) is 3. The number of aromatic amines is 1. The van der Waals surface area contributed by atoms with Crippen LogP contribution in [0.3, 0.4) is 0 Å². The molecule has 0 unspecified atom stereocenters. The summed E-state index contributed by atoms with van der Waals surface area (Å²) in [6.07, 6.45) is 4.71. The zero-order valence-electron chi connectivity index (χ0n) is 21.6. The Bertz CT molecular complexity index is 1070. The molecule has 1 heterocycles. The molecule has 0 aliphatic rings. The molecule has 9 nitrogen and oxygen atoms in total. The molecule has 0 atom stereocenters. The van der Waals surface area contributed by atoms with Crippen molar-refractivity contribution >= 4 is 34.7 Å². The monoisotopic (exact) mass is 486 g/mol. The summed E-state index contributed by atoms with van der Waals surface area (Å²) in [4.78, 5) is 43.1. The number of nitrogens with zero attached hydrogens (tertiary/aromatic N) is 1. The number of hydrogen-bond acceptors (Lipinski definition) is 5. The summed E-state index contributed by atoms with van der Waals surface area (Å²) in [7, 11) is 0. The number of aromatic nitrogens is 1. The van der Waals surface area contributed by atoms with Crippen molar-refractivity contribution in [3.63, 3.8) is 0 Å². The summed E-state index contributed by atoms with van der Waals surface area (Å²) in [5.74, 6) is -0.312. The number of nitrogens with two attached hydrogens (primary N) is 1. The Morgan fingerprint density at radius 3 is 2.29 bits per heavy atom. The van der Waals surface area contributed by atoms with Crippen LogP contribution in [0.4, 0.5) is 4.79 Å². The SMILES string of the molecule is CC(C)(C)OC(=O)CCCCCCNC(=O)c1c[nH]c2cc(/C(N)=N\C(=O)OC(C)(C)C)ccc12. The molecule has 9 heteroatoms. The van der Waals surface area contributed by atoms with E-state index in [2.05, 4.69) is 15.3 Å². The van der Waals surface area contributed by atoms with Crippen molar-refractivity contribution in [2.24, 2.45) is 10.7 Å². The van der Waals surface area contributed by atoms with Crippen molar-refractivity contribution in [3.05, 3.63) is 35.5 Å². The van der Waals surface area contributed by atoms with Gasteiger partial charge in [-0.3, -0.25) is 9.59 Å². The third-order valence-corrected chi connectivity index (χ3v) is 4.84. The van der Waals surface area contributed by atoms with Crippen LogP contribution >= 0.6 is 0 Å². The molecular weight excluding hydrogens is 448 g/mol. The molecule has 4 N–H and O–H groups in total. The first kappa shape index (κ1) is 27.9. The van der Waals surface area contributed by atoms with Gasteiger partial charge in [0.05, 0.1) is 5.56 Å². The van der Waals surface area contributed by atoms with Crippen molar-refractivity contribution in [3.8, 4) is 0 Å². The fourth-order valence-electron chi connectivity index (χ4n) is 3.36. The normalized spacial score (nSPS) is 12.5. The largest absolute Gasteiger partial charge is 0.460 e. The number of fused-ring (bicyclic) bond motifs is 1. The molecule has 1 aromatic carbocycles. The van der Waals surface area contributed by atoms with Crippen molar-refractivity contribution in [1.29, 1.82) is 0 Å². The minimum absolute atomic E-state index is 0.0356. The number of aliphatic imine (C=N–C) groups is 1. The molecule has 0 radical (unpaired) electrons.